The molecule has 6 aromatic rings. The standard InChI is InChI=1S/C43H47BrN4O6Si/c1-29-11-15-32(16-12-29)43(31-9-7-6-8-10-31,33-17-21-35(50-2)22-18-33)53-26-36-38(49)39(52-25-30-13-19-34(44)20-14-30)42(54-36)48-28-47-37-40(48)45-27-46-41(37)51-23-24-55(3,4)5/h6-22,27-28,36,38-39,42,49H,23-26H2,1-5H3/t36-,38-,39-,42?,43?/m1/s1. The van der Waals surface area contributed by atoms with Crippen molar-refractivity contribution in [1.82, 2.24) is 19.5 Å². The average Bonchev–Trinajstić information content (AvgIpc) is 3.76. The Bertz CT molecular complexity index is 2160. The fraction of sp³-hybridized carbons (Fsp3) is 0.326. The first-order chi connectivity index (χ1) is 26.6. The number of imidazole rings is 1. The highest BCUT2D eigenvalue weighted by molar-refractivity contribution is 9.10. The Kier molecular flexibility index (Phi) is 11.8. The van der Waals surface area contributed by atoms with Gasteiger partial charge >= 0.3 is 0 Å². The van der Waals surface area contributed by atoms with Crippen molar-refractivity contribution in [2.75, 3.05) is 20.3 Å². The van der Waals surface area contributed by atoms with Gasteiger partial charge in [0.2, 0.25) is 5.88 Å². The van der Waals surface area contributed by atoms with Crippen molar-refractivity contribution in [3.8, 4) is 11.6 Å². The summed E-state index contributed by atoms with van der Waals surface area (Å²) < 4.78 is 34.9. The molecule has 55 heavy (non-hydrogen) atoms. The summed E-state index contributed by atoms with van der Waals surface area (Å²) in [6.45, 7) is 9.80. The molecule has 286 valence electrons. The number of rotatable bonds is 15. The first-order valence-electron chi connectivity index (χ1n) is 18.5. The molecule has 12 heteroatoms. The molecular formula is C43H47BrN4O6Si. The Morgan fingerprint density at radius 2 is 1.53 bits per heavy atom. The summed E-state index contributed by atoms with van der Waals surface area (Å²) in [7, 11) is 0.319. The Balaban J connectivity index is 1.24. The van der Waals surface area contributed by atoms with Crippen molar-refractivity contribution in [1.29, 1.82) is 0 Å². The van der Waals surface area contributed by atoms with Gasteiger partial charge in [0.05, 0.1) is 33.3 Å². The molecule has 4 aromatic carbocycles. The van der Waals surface area contributed by atoms with Gasteiger partial charge in [0.25, 0.3) is 0 Å². The van der Waals surface area contributed by atoms with Gasteiger partial charge < -0.3 is 28.8 Å². The first-order valence-corrected chi connectivity index (χ1v) is 23.0. The van der Waals surface area contributed by atoms with Gasteiger partial charge in [0.15, 0.2) is 17.4 Å². The third-order valence-corrected chi connectivity index (χ3v) is 12.2. The predicted octanol–water partition coefficient (Wildman–Crippen LogP) is 8.48. The van der Waals surface area contributed by atoms with Crippen LogP contribution in [0.5, 0.6) is 11.6 Å². The van der Waals surface area contributed by atoms with Crippen molar-refractivity contribution in [2.24, 2.45) is 0 Å². The highest BCUT2D eigenvalue weighted by atomic mass is 79.9. The number of hydrogen-bond acceptors (Lipinski definition) is 9. The molecule has 1 fully saturated rings. The van der Waals surface area contributed by atoms with Gasteiger partial charge in [-0.1, -0.05) is 120 Å². The number of methoxy groups -OCH3 is 1. The number of halogens is 1. The molecule has 0 radical (unpaired) electrons. The highest BCUT2D eigenvalue weighted by Gasteiger charge is 2.48. The molecule has 10 nitrogen and oxygen atoms in total. The SMILES string of the molecule is COc1ccc(C(OC[C@H]2OC(n3cnc4c(OCC[Si](C)(C)C)ncnc43)[C@H](OCc3ccc(Br)cc3)[C@@H]2O)(c2ccccc2)c2ccc(C)cc2)cc1. The summed E-state index contributed by atoms with van der Waals surface area (Å²) in [4.78, 5) is 13.7. The van der Waals surface area contributed by atoms with E-state index in [-0.39, 0.29) is 13.2 Å². The van der Waals surface area contributed by atoms with E-state index in [1.54, 1.807) is 18.0 Å². The van der Waals surface area contributed by atoms with Crippen LogP contribution in [0.3, 0.4) is 0 Å². The number of aryl methyl sites for hydroxylation is 1. The maximum atomic E-state index is 12.1. The number of ether oxygens (including phenoxy) is 5. The third-order valence-electron chi connectivity index (χ3n) is 9.96. The lowest BCUT2D eigenvalue weighted by atomic mass is 9.79. The molecule has 0 amide bonds. The van der Waals surface area contributed by atoms with E-state index in [1.807, 2.05) is 66.7 Å². The molecule has 1 aliphatic heterocycles. The lowest BCUT2D eigenvalue weighted by Crippen LogP contribution is -2.40. The van der Waals surface area contributed by atoms with Crippen LogP contribution in [0.25, 0.3) is 11.2 Å². The van der Waals surface area contributed by atoms with Crippen LogP contribution < -0.4 is 9.47 Å². The van der Waals surface area contributed by atoms with E-state index in [0.29, 0.717) is 23.7 Å². The van der Waals surface area contributed by atoms with Crippen LogP contribution in [0.1, 0.15) is 34.0 Å². The van der Waals surface area contributed by atoms with Gasteiger partial charge in [0.1, 0.15) is 36.0 Å². The zero-order valence-corrected chi connectivity index (χ0v) is 34.3. The molecule has 0 aliphatic carbocycles. The van der Waals surface area contributed by atoms with Crippen molar-refractivity contribution in [3.63, 3.8) is 0 Å². The second-order valence-electron chi connectivity index (χ2n) is 15.1. The smallest absolute Gasteiger partial charge is 0.245 e. The number of nitrogens with zero attached hydrogens (tertiary/aromatic N) is 4. The number of aliphatic hydroxyl groups is 1. The van der Waals surface area contributed by atoms with Crippen molar-refractivity contribution in [2.45, 2.75) is 69.4 Å². The van der Waals surface area contributed by atoms with E-state index in [9.17, 15) is 5.11 Å². The predicted molar refractivity (Wildman–Crippen MR) is 218 cm³/mol. The Hall–Kier alpha value is -4.43. The second kappa shape index (κ2) is 16.7. The molecule has 7 rings (SSSR count). The van der Waals surface area contributed by atoms with Gasteiger partial charge in [-0.3, -0.25) is 4.57 Å². The summed E-state index contributed by atoms with van der Waals surface area (Å²) in [5, 5.41) is 12.1. The lowest BCUT2D eigenvalue weighted by Gasteiger charge is -2.37. The van der Waals surface area contributed by atoms with E-state index in [4.69, 9.17) is 23.7 Å². The lowest BCUT2D eigenvalue weighted by molar-refractivity contribution is -0.0968. The number of fused-ring (bicyclic) bond motifs is 1. The average molecular weight is 824 g/mol. The highest BCUT2D eigenvalue weighted by Crippen LogP contribution is 2.43. The number of benzene rings is 4. The summed E-state index contributed by atoms with van der Waals surface area (Å²) >= 11 is 3.51. The summed E-state index contributed by atoms with van der Waals surface area (Å²) in [6.07, 6.45) is -0.335. The maximum absolute atomic E-state index is 12.1. The van der Waals surface area contributed by atoms with E-state index < -0.39 is 38.2 Å². The van der Waals surface area contributed by atoms with Crippen LogP contribution in [0.4, 0.5) is 0 Å². The first kappa shape index (κ1) is 38.8. The molecule has 1 N–H and O–H groups in total. The van der Waals surface area contributed by atoms with Gasteiger partial charge in [0, 0.05) is 12.5 Å². The van der Waals surface area contributed by atoms with Crippen molar-refractivity contribution >= 4 is 35.2 Å². The molecule has 3 heterocycles. The zero-order valence-electron chi connectivity index (χ0n) is 31.8. The van der Waals surface area contributed by atoms with Gasteiger partial charge in [-0.05, 0) is 59.5 Å². The topological polar surface area (TPSA) is 110 Å². The van der Waals surface area contributed by atoms with E-state index in [1.165, 1.54) is 6.33 Å². The molecular weight excluding hydrogens is 776 g/mol. The van der Waals surface area contributed by atoms with E-state index in [0.717, 1.165) is 44.1 Å². The molecule has 1 saturated heterocycles. The second-order valence-corrected chi connectivity index (χ2v) is 21.6. The van der Waals surface area contributed by atoms with Crippen molar-refractivity contribution < 1.29 is 28.8 Å². The van der Waals surface area contributed by atoms with Crippen LogP contribution in [-0.4, -0.2) is 71.3 Å². The fourth-order valence-corrected chi connectivity index (χ4v) is 7.83. The molecule has 2 aromatic heterocycles. The zero-order chi connectivity index (χ0) is 38.6. The summed E-state index contributed by atoms with van der Waals surface area (Å²) in [5.41, 5.74) is 4.81. The molecule has 5 atom stereocenters. The Morgan fingerprint density at radius 1 is 0.855 bits per heavy atom. The van der Waals surface area contributed by atoms with Crippen LogP contribution in [0, 0.1) is 6.92 Å². The number of aromatic nitrogens is 4. The Morgan fingerprint density at radius 3 is 2.20 bits per heavy atom. The van der Waals surface area contributed by atoms with Crippen LogP contribution in [0.15, 0.2) is 120 Å². The third kappa shape index (κ3) is 8.54. The monoisotopic (exact) mass is 822 g/mol. The maximum Gasteiger partial charge on any atom is 0.245 e. The van der Waals surface area contributed by atoms with E-state index in [2.05, 4.69) is 93.8 Å². The fourth-order valence-electron chi connectivity index (χ4n) is 6.85. The minimum Gasteiger partial charge on any atom is -0.497 e. The molecule has 1 aliphatic rings. The Labute approximate surface area is 331 Å². The molecule has 0 saturated carbocycles. The number of hydrogen-bond donors (Lipinski definition) is 1. The minimum absolute atomic E-state index is 0.0251. The molecule has 0 bridgehead atoms. The normalized spacial score (nSPS) is 19.7. The van der Waals surface area contributed by atoms with Gasteiger partial charge in [-0.25, -0.2) is 9.97 Å². The largest absolute Gasteiger partial charge is 0.497 e. The van der Waals surface area contributed by atoms with Crippen molar-refractivity contribution in [3.05, 3.63) is 148 Å². The van der Waals surface area contributed by atoms with Crippen LogP contribution in [0.2, 0.25) is 25.7 Å². The van der Waals surface area contributed by atoms with Crippen LogP contribution in [-0.2, 0) is 26.4 Å². The summed E-state index contributed by atoms with van der Waals surface area (Å²) in [5.74, 6) is 1.15. The van der Waals surface area contributed by atoms with E-state index >= 15 is 0 Å². The van der Waals surface area contributed by atoms with Gasteiger partial charge in [-0.15, -0.1) is 0 Å². The summed E-state index contributed by atoms with van der Waals surface area (Å²) in [6, 6.07) is 35.2. The molecule has 2 unspecified atom stereocenters. The number of aliphatic hydroxyl groups excluding tert-OH is 1. The minimum atomic E-state index is -1.33. The van der Waals surface area contributed by atoms with Crippen LogP contribution >= 0.6 is 15.9 Å². The quantitative estimate of drug-likeness (QED) is 0.0806. The van der Waals surface area contributed by atoms with Gasteiger partial charge in [-0.2, -0.15) is 4.98 Å². The molecule has 0 spiro atoms.